The maximum Gasteiger partial charge on any atom is 0.263 e. The lowest BCUT2D eigenvalue weighted by molar-refractivity contribution is 0.0681. The lowest BCUT2D eigenvalue weighted by atomic mass is 9.98. The number of rotatable bonds is 5. The summed E-state index contributed by atoms with van der Waals surface area (Å²) in [6, 6.07) is 10.6. The van der Waals surface area contributed by atoms with E-state index in [1.165, 1.54) is 11.3 Å². The Kier molecular flexibility index (Phi) is 5.79. The number of sulfonamides is 1. The van der Waals surface area contributed by atoms with E-state index in [0.29, 0.717) is 13.1 Å². The smallest absolute Gasteiger partial charge is 0.263 e. The predicted octanol–water partition coefficient (Wildman–Crippen LogP) is 3.20. The number of carbonyl (C=O) groups excluding carboxylic acids is 1. The van der Waals surface area contributed by atoms with Crippen molar-refractivity contribution in [3.05, 3.63) is 51.7 Å². The Bertz CT molecular complexity index is 872. The lowest BCUT2D eigenvalue weighted by Crippen LogP contribution is -2.43. The maximum atomic E-state index is 12.6. The minimum Gasteiger partial charge on any atom is -0.338 e. The fourth-order valence-corrected chi connectivity index (χ4v) is 5.10. The van der Waals surface area contributed by atoms with Crippen molar-refractivity contribution in [2.45, 2.75) is 31.6 Å². The third-order valence-corrected chi connectivity index (χ3v) is 7.08. The van der Waals surface area contributed by atoms with E-state index in [9.17, 15) is 13.2 Å². The maximum absolute atomic E-state index is 12.6. The average molecular weight is 393 g/mol. The second-order valence-corrected chi connectivity index (χ2v) is 9.89. The highest BCUT2D eigenvalue weighted by Gasteiger charge is 2.26. The summed E-state index contributed by atoms with van der Waals surface area (Å²) in [4.78, 5) is 16.6. The Morgan fingerprint density at radius 1 is 1.19 bits per heavy atom. The topological polar surface area (TPSA) is 66.5 Å². The van der Waals surface area contributed by atoms with Crippen molar-refractivity contribution in [2.24, 2.45) is 5.92 Å². The SMILES string of the molecule is Cc1ccc(S(=O)(=O)NC[C@H]2CCCN(C(=O)c3ccc(C)s3)C2)cc1. The van der Waals surface area contributed by atoms with E-state index in [2.05, 4.69) is 4.72 Å². The highest BCUT2D eigenvalue weighted by Crippen LogP contribution is 2.22. The van der Waals surface area contributed by atoms with E-state index in [0.717, 1.165) is 34.7 Å². The number of thiophene rings is 1. The number of piperidine rings is 1. The van der Waals surface area contributed by atoms with E-state index in [1.807, 2.05) is 30.9 Å². The lowest BCUT2D eigenvalue weighted by Gasteiger charge is -2.32. The molecule has 0 aliphatic carbocycles. The van der Waals surface area contributed by atoms with Crippen LogP contribution in [0, 0.1) is 19.8 Å². The van der Waals surface area contributed by atoms with Gasteiger partial charge in [-0.05, 0) is 56.9 Å². The van der Waals surface area contributed by atoms with Crippen molar-refractivity contribution in [1.82, 2.24) is 9.62 Å². The molecule has 5 nitrogen and oxygen atoms in total. The van der Waals surface area contributed by atoms with E-state index >= 15 is 0 Å². The molecule has 140 valence electrons. The Morgan fingerprint density at radius 3 is 2.58 bits per heavy atom. The first-order valence-electron chi connectivity index (χ1n) is 8.77. The zero-order valence-electron chi connectivity index (χ0n) is 15.1. The molecule has 7 heteroatoms. The quantitative estimate of drug-likeness (QED) is 0.850. The Balaban J connectivity index is 1.60. The summed E-state index contributed by atoms with van der Waals surface area (Å²) in [7, 11) is -3.51. The van der Waals surface area contributed by atoms with Crippen molar-refractivity contribution in [2.75, 3.05) is 19.6 Å². The molecule has 1 saturated heterocycles. The molecule has 0 spiro atoms. The van der Waals surface area contributed by atoms with Crippen LogP contribution in [0.1, 0.15) is 33.0 Å². The van der Waals surface area contributed by atoms with Crippen LogP contribution in [0.5, 0.6) is 0 Å². The largest absolute Gasteiger partial charge is 0.338 e. The summed E-state index contributed by atoms with van der Waals surface area (Å²) in [6.45, 7) is 5.58. The summed E-state index contributed by atoms with van der Waals surface area (Å²) < 4.78 is 27.6. The highest BCUT2D eigenvalue weighted by atomic mass is 32.2. The molecule has 2 aromatic rings. The second kappa shape index (κ2) is 7.90. The van der Waals surface area contributed by atoms with Gasteiger partial charge in [0.2, 0.25) is 10.0 Å². The minimum atomic E-state index is -3.51. The molecule has 0 bridgehead atoms. The molecule has 2 heterocycles. The van der Waals surface area contributed by atoms with Gasteiger partial charge in [-0.2, -0.15) is 0 Å². The zero-order chi connectivity index (χ0) is 18.7. The molecule has 3 rings (SSSR count). The third-order valence-electron chi connectivity index (χ3n) is 4.65. The van der Waals surface area contributed by atoms with E-state index < -0.39 is 10.0 Å². The minimum absolute atomic E-state index is 0.0502. The van der Waals surface area contributed by atoms with Crippen LogP contribution in [0.15, 0.2) is 41.3 Å². The summed E-state index contributed by atoms with van der Waals surface area (Å²) in [5.74, 6) is 0.183. The van der Waals surface area contributed by atoms with Crippen LogP contribution in [0.2, 0.25) is 0 Å². The van der Waals surface area contributed by atoms with E-state index in [4.69, 9.17) is 0 Å². The number of nitrogens with zero attached hydrogens (tertiary/aromatic N) is 1. The zero-order valence-corrected chi connectivity index (χ0v) is 16.7. The number of likely N-dealkylation sites (tertiary alicyclic amines) is 1. The van der Waals surface area contributed by atoms with Crippen LogP contribution in [-0.2, 0) is 10.0 Å². The van der Waals surface area contributed by atoms with Crippen molar-refractivity contribution in [3.8, 4) is 0 Å². The monoisotopic (exact) mass is 392 g/mol. The van der Waals surface area contributed by atoms with Crippen molar-refractivity contribution in [1.29, 1.82) is 0 Å². The number of aryl methyl sites for hydroxylation is 2. The van der Waals surface area contributed by atoms with Gasteiger partial charge in [0, 0.05) is 24.5 Å². The van der Waals surface area contributed by atoms with Crippen molar-refractivity contribution < 1.29 is 13.2 Å². The average Bonchev–Trinajstić information content (AvgIpc) is 3.06. The molecule has 26 heavy (non-hydrogen) atoms. The van der Waals surface area contributed by atoms with Gasteiger partial charge in [0.15, 0.2) is 0 Å². The summed E-state index contributed by atoms with van der Waals surface area (Å²) in [5, 5.41) is 0. The first-order valence-corrected chi connectivity index (χ1v) is 11.1. The van der Waals surface area contributed by atoms with Gasteiger partial charge in [-0.1, -0.05) is 17.7 Å². The fourth-order valence-electron chi connectivity index (χ4n) is 3.15. The van der Waals surface area contributed by atoms with E-state index in [1.54, 1.807) is 24.3 Å². The molecule has 1 fully saturated rings. The van der Waals surface area contributed by atoms with E-state index in [-0.39, 0.29) is 16.7 Å². The molecule has 1 amide bonds. The normalized spacial score (nSPS) is 18.1. The highest BCUT2D eigenvalue weighted by molar-refractivity contribution is 7.89. The summed E-state index contributed by atoms with van der Waals surface area (Å²) in [5.41, 5.74) is 1.02. The summed E-state index contributed by atoms with van der Waals surface area (Å²) in [6.07, 6.45) is 1.82. The first-order chi connectivity index (χ1) is 12.3. The van der Waals surface area contributed by atoms with Gasteiger partial charge in [-0.3, -0.25) is 4.79 Å². The number of carbonyl (C=O) groups is 1. The van der Waals surface area contributed by atoms with Gasteiger partial charge in [0.1, 0.15) is 0 Å². The Hall–Kier alpha value is -1.70. The molecular weight excluding hydrogens is 368 g/mol. The van der Waals surface area contributed by atoms with Crippen molar-refractivity contribution >= 4 is 27.3 Å². The number of hydrogen-bond acceptors (Lipinski definition) is 4. The van der Waals surface area contributed by atoms with Gasteiger partial charge >= 0.3 is 0 Å². The van der Waals surface area contributed by atoms with Gasteiger partial charge in [0.05, 0.1) is 9.77 Å². The molecule has 0 saturated carbocycles. The molecule has 1 aliphatic heterocycles. The Labute approximate surface area is 159 Å². The molecule has 0 unspecified atom stereocenters. The molecule has 1 N–H and O–H groups in total. The summed E-state index contributed by atoms with van der Waals surface area (Å²) >= 11 is 1.50. The standard InChI is InChI=1S/C19H24N2O3S2/c1-14-5-8-17(9-6-14)26(23,24)20-12-16-4-3-11-21(13-16)19(22)18-10-7-15(2)25-18/h5-10,16,20H,3-4,11-13H2,1-2H3/t16-/m1/s1. The van der Waals surface area contributed by atoms with Gasteiger partial charge in [0.25, 0.3) is 5.91 Å². The van der Waals surface area contributed by atoms with Crippen LogP contribution in [-0.4, -0.2) is 38.9 Å². The molecule has 1 atom stereocenters. The van der Waals surface area contributed by atoms with Crippen LogP contribution in [0.25, 0.3) is 0 Å². The number of amides is 1. The van der Waals surface area contributed by atoms with Crippen molar-refractivity contribution in [3.63, 3.8) is 0 Å². The fraction of sp³-hybridized carbons (Fsp3) is 0.421. The third kappa shape index (κ3) is 4.52. The van der Waals surface area contributed by atoms with Gasteiger partial charge in [-0.15, -0.1) is 11.3 Å². The number of nitrogens with one attached hydrogen (secondary N) is 1. The molecule has 1 aromatic carbocycles. The Morgan fingerprint density at radius 2 is 1.92 bits per heavy atom. The first kappa shape index (κ1) is 19.1. The van der Waals surface area contributed by atoms with Crippen LogP contribution in [0.3, 0.4) is 0 Å². The molecule has 1 aromatic heterocycles. The predicted molar refractivity (Wildman–Crippen MR) is 104 cm³/mol. The van der Waals surface area contributed by atoms with Crippen LogP contribution < -0.4 is 4.72 Å². The number of hydrogen-bond donors (Lipinski definition) is 1. The molecule has 0 radical (unpaired) electrons. The molecule has 1 aliphatic rings. The van der Waals surface area contributed by atoms with Gasteiger partial charge in [-0.25, -0.2) is 13.1 Å². The second-order valence-electron chi connectivity index (χ2n) is 6.83. The van der Waals surface area contributed by atoms with Crippen LogP contribution in [0.4, 0.5) is 0 Å². The van der Waals surface area contributed by atoms with Crippen LogP contribution >= 0.6 is 11.3 Å². The number of benzene rings is 1. The molecular formula is C19H24N2O3S2. The van der Waals surface area contributed by atoms with Gasteiger partial charge < -0.3 is 4.90 Å².